The van der Waals surface area contributed by atoms with Gasteiger partial charge in [-0.15, -0.1) is 0 Å². The molecule has 3 heteroatoms. The number of hydrogen-bond acceptors (Lipinski definition) is 2. The van der Waals surface area contributed by atoms with Crippen LogP contribution in [0.5, 0.6) is 0 Å². The minimum absolute atomic E-state index is 0.899. The zero-order chi connectivity index (χ0) is 36.5. The first-order chi connectivity index (χ1) is 27.0. The normalized spacial score (nSPS) is 13.1. The summed E-state index contributed by atoms with van der Waals surface area (Å²) in [6, 6.07) is 47.1. The Kier molecular flexibility index (Phi) is 6.49. The Labute approximate surface area is 325 Å². The van der Waals surface area contributed by atoms with Gasteiger partial charge in [-0.3, -0.25) is 0 Å². The first kappa shape index (κ1) is 31.2. The van der Waals surface area contributed by atoms with Gasteiger partial charge >= 0.3 is 0 Å². The monoisotopic (exact) mass is 768 g/mol. The highest BCUT2D eigenvalue weighted by Gasteiger charge is 2.26. The number of halogens is 1. The van der Waals surface area contributed by atoms with E-state index in [1.54, 1.807) is 0 Å². The van der Waals surface area contributed by atoms with E-state index in [9.17, 15) is 0 Å². The van der Waals surface area contributed by atoms with Gasteiger partial charge in [-0.1, -0.05) is 119 Å². The van der Waals surface area contributed by atoms with Crippen molar-refractivity contribution in [2.24, 2.45) is 0 Å². The predicted molar refractivity (Wildman–Crippen MR) is 236 cm³/mol. The highest BCUT2D eigenvalue weighted by Crippen LogP contribution is 2.53. The molecule has 0 spiro atoms. The molecule has 9 aromatic carbocycles. The Morgan fingerprint density at radius 1 is 0.473 bits per heavy atom. The van der Waals surface area contributed by atoms with E-state index in [1.807, 2.05) is 6.07 Å². The van der Waals surface area contributed by atoms with Gasteiger partial charge in [-0.25, -0.2) is 0 Å². The summed E-state index contributed by atoms with van der Waals surface area (Å²) in [4.78, 5) is 0. The summed E-state index contributed by atoms with van der Waals surface area (Å²) in [7, 11) is 0. The van der Waals surface area contributed by atoms with Crippen molar-refractivity contribution >= 4 is 109 Å². The van der Waals surface area contributed by atoms with Crippen LogP contribution in [-0.4, -0.2) is 0 Å². The van der Waals surface area contributed by atoms with E-state index in [2.05, 4.69) is 163 Å². The lowest BCUT2D eigenvalue weighted by molar-refractivity contribution is 0.546. The summed E-state index contributed by atoms with van der Waals surface area (Å²) >= 11 is 3.94. The second-order valence-electron chi connectivity index (χ2n) is 15.2. The maximum atomic E-state index is 6.46. The molecule has 0 amide bonds. The average molecular weight is 770 g/mol. The molecule has 2 heterocycles. The van der Waals surface area contributed by atoms with Crippen LogP contribution < -0.4 is 0 Å². The third-order valence-corrected chi connectivity index (χ3v) is 13.0. The molecular weight excluding hydrogens is 736 g/mol. The number of aryl methyl sites for hydroxylation is 3. The van der Waals surface area contributed by atoms with Gasteiger partial charge in [0.25, 0.3) is 0 Å². The van der Waals surface area contributed by atoms with Crippen LogP contribution in [-0.2, 0) is 6.42 Å². The van der Waals surface area contributed by atoms with Gasteiger partial charge in [0, 0.05) is 32.6 Å². The second-order valence-corrected chi connectivity index (χ2v) is 16.1. The number of para-hydroxylation sites is 1. The van der Waals surface area contributed by atoms with Crippen LogP contribution in [0.3, 0.4) is 0 Å². The number of rotatable bonds is 2. The van der Waals surface area contributed by atoms with Gasteiger partial charge in [0.2, 0.25) is 0 Å². The number of furan rings is 2. The molecule has 0 atom stereocenters. The Hall–Kier alpha value is -6.16. The Bertz CT molecular complexity index is 3520. The molecule has 0 fully saturated rings. The standard InChI is InChI=1S/C52H33BrO2/c1-28-18-21-33-29(2)32(28)10-3-4-13-37-47(30-19-24-45-40(26-30)34-11-5-7-16-43(34)54-45)51-39-22-23-42(53)36-14-9-15-38(49(36)39)52(51)48(50(33)37)31-20-25-46-41(27-31)35-12-6-8-17-44(35)55-46/h3-6,8-15,17-27H,7,16H2,1-2H3. The van der Waals surface area contributed by atoms with Crippen LogP contribution in [0.25, 0.3) is 115 Å². The lowest BCUT2D eigenvalue weighted by Crippen LogP contribution is -1.91. The van der Waals surface area contributed by atoms with Crippen LogP contribution in [0.15, 0.2) is 147 Å². The molecule has 0 aliphatic heterocycles. The lowest BCUT2D eigenvalue weighted by Gasteiger charge is -2.18. The second kappa shape index (κ2) is 11.4. The van der Waals surface area contributed by atoms with Gasteiger partial charge in [0.15, 0.2) is 0 Å². The van der Waals surface area contributed by atoms with Crippen LogP contribution in [0.1, 0.15) is 28.9 Å². The van der Waals surface area contributed by atoms with E-state index in [0.717, 1.165) is 50.6 Å². The molecule has 0 saturated heterocycles. The molecule has 2 nitrogen and oxygen atoms in total. The van der Waals surface area contributed by atoms with E-state index < -0.39 is 0 Å². The summed E-state index contributed by atoms with van der Waals surface area (Å²) in [5.41, 5.74) is 11.4. The highest BCUT2D eigenvalue weighted by molar-refractivity contribution is 9.10. The van der Waals surface area contributed by atoms with Gasteiger partial charge in [0.05, 0.1) is 0 Å². The van der Waals surface area contributed by atoms with Crippen LogP contribution in [0.2, 0.25) is 0 Å². The maximum Gasteiger partial charge on any atom is 0.135 e. The molecule has 2 aromatic heterocycles. The topological polar surface area (TPSA) is 26.3 Å². The van der Waals surface area contributed by atoms with Crippen LogP contribution in [0.4, 0.5) is 0 Å². The average Bonchev–Trinajstić information content (AvgIpc) is 3.88. The molecule has 1 aliphatic rings. The third-order valence-electron chi connectivity index (χ3n) is 12.3. The van der Waals surface area contributed by atoms with E-state index in [0.29, 0.717) is 0 Å². The smallest absolute Gasteiger partial charge is 0.135 e. The Balaban J connectivity index is 1.38. The fourth-order valence-electron chi connectivity index (χ4n) is 9.81. The molecule has 0 unspecified atom stereocenters. The highest BCUT2D eigenvalue weighted by atomic mass is 79.9. The van der Waals surface area contributed by atoms with Crippen molar-refractivity contribution in [3.8, 4) is 22.3 Å². The molecule has 0 N–H and O–H groups in total. The molecular formula is C52H33BrO2. The lowest BCUT2D eigenvalue weighted by atomic mass is 9.84. The summed E-state index contributed by atoms with van der Waals surface area (Å²) < 4.78 is 13.9. The molecule has 1 aliphatic carbocycles. The van der Waals surface area contributed by atoms with Crippen molar-refractivity contribution in [2.75, 3.05) is 0 Å². The quantitative estimate of drug-likeness (QED) is 0.175. The summed E-state index contributed by atoms with van der Waals surface area (Å²) in [6.07, 6.45) is 6.47. The van der Waals surface area contributed by atoms with Crippen LogP contribution in [0, 0.1) is 13.8 Å². The minimum atomic E-state index is 0.899. The van der Waals surface area contributed by atoms with Gasteiger partial charge in [0.1, 0.15) is 22.5 Å². The van der Waals surface area contributed by atoms with Gasteiger partial charge < -0.3 is 8.83 Å². The van der Waals surface area contributed by atoms with E-state index in [1.165, 1.54) is 98.2 Å². The van der Waals surface area contributed by atoms with E-state index in [4.69, 9.17) is 8.83 Å². The van der Waals surface area contributed by atoms with E-state index in [-0.39, 0.29) is 0 Å². The van der Waals surface area contributed by atoms with Crippen molar-refractivity contribution in [1.82, 2.24) is 0 Å². The molecule has 260 valence electrons. The fraction of sp³-hybridized carbons (Fsp3) is 0.0769. The molecule has 55 heavy (non-hydrogen) atoms. The molecule has 0 saturated carbocycles. The number of fused-ring (bicyclic) bond motifs is 13. The summed E-state index contributed by atoms with van der Waals surface area (Å²) in [5, 5.41) is 16.0. The molecule has 12 rings (SSSR count). The number of hydrogen-bond donors (Lipinski definition) is 0. The van der Waals surface area contributed by atoms with Gasteiger partial charge in [-0.05, 0) is 144 Å². The first-order valence-corrected chi connectivity index (χ1v) is 19.9. The fourth-order valence-corrected chi connectivity index (χ4v) is 10.3. The Morgan fingerprint density at radius 2 is 1.13 bits per heavy atom. The zero-order valence-electron chi connectivity index (χ0n) is 30.4. The van der Waals surface area contributed by atoms with Crippen molar-refractivity contribution in [1.29, 1.82) is 0 Å². The SMILES string of the molecule is Cc1ccc2c(C)c1ccccc1c(-c3ccc4oc5c(c4c3)C=CCC5)c3c4ccc(Br)c5cccc(c3c(-c3ccc6oc7ccccc7c6c3)c21)c54. The molecule has 0 radical (unpaired) electrons. The van der Waals surface area contributed by atoms with Crippen molar-refractivity contribution in [3.05, 3.63) is 160 Å². The van der Waals surface area contributed by atoms with Crippen molar-refractivity contribution < 1.29 is 8.83 Å². The molecule has 11 aromatic rings. The summed E-state index contributed by atoms with van der Waals surface area (Å²) in [5.74, 6) is 1.08. The third kappa shape index (κ3) is 4.30. The summed E-state index contributed by atoms with van der Waals surface area (Å²) in [6.45, 7) is 4.51. The predicted octanol–water partition coefficient (Wildman–Crippen LogP) is 15.8. The van der Waals surface area contributed by atoms with Crippen molar-refractivity contribution in [2.45, 2.75) is 26.7 Å². The van der Waals surface area contributed by atoms with Crippen molar-refractivity contribution in [3.63, 3.8) is 0 Å². The molecule has 2 bridgehead atoms. The van der Waals surface area contributed by atoms with Gasteiger partial charge in [-0.2, -0.15) is 0 Å². The Morgan fingerprint density at radius 3 is 2.00 bits per heavy atom. The minimum Gasteiger partial charge on any atom is -0.460 e. The van der Waals surface area contributed by atoms with E-state index >= 15 is 0 Å². The largest absolute Gasteiger partial charge is 0.460 e. The van der Waals surface area contributed by atoms with Crippen LogP contribution >= 0.6 is 15.9 Å². The first-order valence-electron chi connectivity index (χ1n) is 19.1. The maximum absolute atomic E-state index is 6.46. The zero-order valence-corrected chi connectivity index (χ0v) is 32.0. The number of allylic oxidation sites excluding steroid dienone is 1. The number of benzene rings is 7.